The van der Waals surface area contributed by atoms with Gasteiger partial charge in [-0.15, -0.1) is 0 Å². The Morgan fingerprint density at radius 2 is 1.84 bits per heavy atom. The quantitative estimate of drug-likeness (QED) is 0.349. The average molecular weight is 609 g/mol. The molecular weight excluding hydrogens is 571 g/mol. The van der Waals surface area contributed by atoms with Crippen LogP contribution in [0.2, 0.25) is 0 Å². The number of aromatic nitrogens is 2. The van der Waals surface area contributed by atoms with E-state index < -0.39 is 15.7 Å². The zero-order valence-electron chi connectivity index (χ0n) is 25.0. The molecule has 12 heteroatoms. The molecule has 4 rings (SSSR count). The van der Waals surface area contributed by atoms with Crippen LogP contribution in [0, 0.1) is 26.6 Å². The van der Waals surface area contributed by atoms with Crippen LogP contribution in [0.25, 0.3) is 0 Å². The van der Waals surface area contributed by atoms with Gasteiger partial charge in [0.05, 0.1) is 22.8 Å². The zero-order chi connectivity index (χ0) is 31.5. The highest BCUT2D eigenvalue weighted by atomic mass is 32.2. The Kier molecular flexibility index (Phi) is 9.61. The lowest BCUT2D eigenvalue weighted by molar-refractivity contribution is -0.130. The fourth-order valence-corrected chi connectivity index (χ4v) is 5.74. The number of benzene rings is 1. The maximum absolute atomic E-state index is 14.6. The summed E-state index contributed by atoms with van der Waals surface area (Å²) in [7, 11) is -3.43. The number of nitrogens with one attached hydrogen (secondary N) is 2. The van der Waals surface area contributed by atoms with E-state index in [1.165, 1.54) is 24.4 Å². The predicted molar refractivity (Wildman–Crippen MR) is 164 cm³/mol. The van der Waals surface area contributed by atoms with Crippen molar-refractivity contribution in [2.75, 3.05) is 43.1 Å². The van der Waals surface area contributed by atoms with Crippen LogP contribution < -0.4 is 10.6 Å². The number of halogens is 1. The Labute approximate surface area is 251 Å². The van der Waals surface area contributed by atoms with E-state index in [-0.39, 0.29) is 40.2 Å². The maximum atomic E-state index is 14.6. The number of carbonyl (C=O) groups excluding carboxylic acids is 2. The minimum absolute atomic E-state index is 0.00272. The van der Waals surface area contributed by atoms with E-state index in [9.17, 15) is 22.4 Å². The number of sulfone groups is 1. The first-order valence-corrected chi connectivity index (χ1v) is 15.8. The molecule has 0 radical (unpaired) electrons. The molecule has 1 aliphatic heterocycles. The van der Waals surface area contributed by atoms with Crippen LogP contribution in [-0.2, 0) is 14.6 Å². The molecule has 0 saturated carbocycles. The van der Waals surface area contributed by atoms with Gasteiger partial charge >= 0.3 is 0 Å². The molecule has 1 saturated heterocycles. The van der Waals surface area contributed by atoms with Gasteiger partial charge in [0.15, 0.2) is 9.84 Å². The normalized spacial score (nSPS) is 16.4. The minimum atomic E-state index is -3.43. The molecular formula is C31H37FN6O4S. The number of aryl methyl sites for hydroxylation is 3. The Morgan fingerprint density at radius 3 is 2.44 bits per heavy atom. The van der Waals surface area contributed by atoms with Crippen molar-refractivity contribution in [3.63, 3.8) is 0 Å². The monoisotopic (exact) mass is 608 g/mol. The van der Waals surface area contributed by atoms with E-state index in [4.69, 9.17) is 0 Å². The van der Waals surface area contributed by atoms with Crippen LogP contribution in [0.1, 0.15) is 45.7 Å². The number of piperazine rings is 1. The predicted octanol–water partition coefficient (Wildman–Crippen LogP) is 4.07. The molecule has 3 aromatic rings. The van der Waals surface area contributed by atoms with Gasteiger partial charge in [0.1, 0.15) is 17.3 Å². The van der Waals surface area contributed by atoms with E-state index >= 15 is 0 Å². The highest BCUT2D eigenvalue weighted by Gasteiger charge is 2.28. The topological polar surface area (TPSA) is 125 Å². The zero-order valence-corrected chi connectivity index (χ0v) is 25.8. The summed E-state index contributed by atoms with van der Waals surface area (Å²) in [5.74, 6) is -0.630. The Morgan fingerprint density at radius 1 is 1.09 bits per heavy atom. The molecule has 1 aliphatic rings. The summed E-state index contributed by atoms with van der Waals surface area (Å²) in [6, 6.07) is 8.12. The third-order valence-corrected chi connectivity index (χ3v) is 8.64. The number of rotatable bonds is 9. The number of amides is 2. The number of hydrogen-bond acceptors (Lipinski definition) is 8. The van der Waals surface area contributed by atoms with E-state index in [2.05, 4.69) is 32.1 Å². The fraction of sp³-hybridized carbons (Fsp3) is 0.355. The van der Waals surface area contributed by atoms with Crippen LogP contribution in [0.15, 0.2) is 60.3 Å². The SMILES string of the molecule is C=CC(=O)N1CCN(C[C@H](Nc2cnc(C(=O)Nc3ncc(S(C)(=O)=O)cc3C)c(C)c2)c2ccc(C)c(F)c2)C[C@H]1C. The molecule has 2 N–H and O–H groups in total. The van der Waals surface area contributed by atoms with Crippen LogP contribution in [0.3, 0.4) is 0 Å². The van der Waals surface area contributed by atoms with E-state index in [1.807, 2.05) is 13.0 Å². The second-order valence-corrected chi connectivity index (χ2v) is 13.0. The van der Waals surface area contributed by atoms with Crippen molar-refractivity contribution in [3.05, 3.63) is 89.1 Å². The van der Waals surface area contributed by atoms with Gasteiger partial charge in [-0.1, -0.05) is 18.7 Å². The Hall–Kier alpha value is -4.16. The Bertz CT molecular complexity index is 1660. The van der Waals surface area contributed by atoms with Crippen molar-refractivity contribution in [3.8, 4) is 0 Å². The first kappa shape index (κ1) is 31.8. The fourth-order valence-electron chi connectivity index (χ4n) is 5.10. The van der Waals surface area contributed by atoms with Gasteiger partial charge in [0, 0.05) is 44.7 Å². The van der Waals surface area contributed by atoms with Gasteiger partial charge < -0.3 is 15.5 Å². The highest BCUT2D eigenvalue weighted by Crippen LogP contribution is 2.25. The summed E-state index contributed by atoms with van der Waals surface area (Å²) in [5.41, 5.74) is 3.26. The molecule has 2 aromatic heterocycles. The lowest BCUT2D eigenvalue weighted by atomic mass is 10.0. The molecule has 43 heavy (non-hydrogen) atoms. The molecule has 0 bridgehead atoms. The molecule has 0 aliphatic carbocycles. The average Bonchev–Trinajstić information content (AvgIpc) is 2.94. The summed E-state index contributed by atoms with van der Waals surface area (Å²) in [5, 5.41) is 6.17. The van der Waals surface area contributed by atoms with Crippen molar-refractivity contribution in [1.29, 1.82) is 0 Å². The molecule has 1 aromatic carbocycles. The lowest BCUT2D eigenvalue weighted by Gasteiger charge is -2.41. The summed E-state index contributed by atoms with van der Waals surface area (Å²) >= 11 is 0. The van der Waals surface area contributed by atoms with Crippen LogP contribution in [-0.4, -0.2) is 78.5 Å². The van der Waals surface area contributed by atoms with Gasteiger partial charge in [-0.05, 0) is 74.2 Å². The summed E-state index contributed by atoms with van der Waals surface area (Å²) in [6.45, 7) is 13.2. The first-order chi connectivity index (χ1) is 20.3. The molecule has 228 valence electrons. The van der Waals surface area contributed by atoms with Crippen molar-refractivity contribution >= 4 is 33.2 Å². The molecule has 2 atom stereocenters. The number of nitrogens with zero attached hydrogens (tertiary/aromatic N) is 4. The summed E-state index contributed by atoms with van der Waals surface area (Å²) in [4.78, 5) is 37.8. The summed E-state index contributed by atoms with van der Waals surface area (Å²) in [6.07, 6.45) is 5.18. The van der Waals surface area contributed by atoms with Gasteiger partial charge in [-0.3, -0.25) is 14.5 Å². The number of hydrogen-bond donors (Lipinski definition) is 2. The molecule has 2 amide bonds. The number of carbonyl (C=O) groups is 2. The first-order valence-electron chi connectivity index (χ1n) is 13.9. The second kappa shape index (κ2) is 13.0. The van der Waals surface area contributed by atoms with E-state index in [1.54, 1.807) is 44.0 Å². The summed E-state index contributed by atoms with van der Waals surface area (Å²) < 4.78 is 38.2. The van der Waals surface area contributed by atoms with Gasteiger partial charge in [0.25, 0.3) is 5.91 Å². The van der Waals surface area contributed by atoms with Crippen LogP contribution >= 0.6 is 0 Å². The van der Waals surface area contributed by atoms with Crippen molar-refractivity contribution in [1.82, 2.24) is 19.8 Å². The molecule has 0 unspecified atom stereocenters. The maximum Gasteiger partial charge on any atom is 0.275 e. The number of pyridine rings is 2. The second-order valence-electron chi connectivity index (χ2n) is 11.0. The molecule has 0 spiro atoms. The third-order valence-electron chi connectivity index (χ3n) is 7.56. The molecule has 10 nitrogen and oxygen atoms in total. The molecule has 3 heterocycles. The van der Waals surface area contributed by atoms with Crippen LogP contribution in [0.4, 0.5) is 15.9 Å². The standard InChI is InChI=1S/C31H37FN6O4S/c1-7-28(39)38-11-10-37(17-22(38)5)18-27(23-9-8-19(2)26(32)14-23)35-24-12-20(3)29(33-15-24)31(40)36-30-21(4)13-25(16-34-30)43(6,41)42/h7-9,12-16,22,27,35H,1,10-11,17-18H2,2-6H3,(H,34,36,40)/t22-,27+/m1/s1. The van der Waals surface area contributed by atoms with Crippen molar-refractivity contribution in [2.45, 2.75) is 44.7 Å². The third kappa shape index (κ3) is 7.63. The van der Waals surface area contributed by atoms with Gasteiger partial charge in [-0.2, -0.15) is 0 Å². The lowest BCUT2D eigenvalue weighted by Crippen LogP contribution is -2.54. The Balaban J connectivity index is 1.52. The van der Waals surface area contributed by atoms with E-state index in [0.29, 0.717) is 48.6 Å². The number of anilines is 2. The molecule has 1 fully saturated rings. The van der Waals surface area contributed by atoms with Crippen molar-refractivity contribution in [2.24, 2.45) is 0 Å². The van der Waals surface area contributed by atoms with E-state index in [0.717, 1.165) is 11.8 Å². The van der Waals surface area contributed by atoms with Gasteiger partial charge in [0.2, 0.25) is 5.91 Å². The van der Waals surface area contributed by atoms with Crippen molar-refractivity contribution < 1.29 is 22.4 Å². The highest BCUT2D eigenvalue weighted by molar-refractivity contribution is 7.90. The van der Waals surface area contributed by atoms with Gasteiger partial charge in [-0.25, -0.2) is 22.8 Å². The van der Waals surface area contributed by atoms with Crippen LogP contribution in [0.5, 0.6) is 0 Å². The largest absolute Gasteiger partial charge is 0.376 e. The smallest absolute Gasteiger partial charge is 0.275 e. The minimum Gasteiger partial charge on any atom is -0.376 e.